The summed E-state index contributed by atoms with van der Waals surface area (Å²) in [5.74, 6) is 0.689. The molecule has 0 unspecified atom stereocenters. The van der Waals surface area contributed by atoms with Crippen molar-refractivity contribution >= 4 is 24.1 Å². The number of benzene rings is 1. The van der Waals surface area contributed by atoms with E-state index in [9.17, 15) is 10.1 Å². The highest BCUT2D eigenvalue weighted by molar-refractivity contribution is 7.71. The van der Waals surface area contributed by atoms with Crippen molar-refractivity contribution in [3.63, 3.8) is 0 Å². The predicted molar refractivity (Wildman–Crippen MR) is 82.2 cm³/mol. The molecule has 0 bridgehead atoms. The Hall–Kier alpha value is -2.35. The molecule has 21 heavy (non-hydrogen) atoms. The van der Waals surface area contributed by atoms with Gasteiger partial charge in [0.25, 0.3) is 5.69 Å². The summed E-state index contributed by atoms with van der Waals surface area (Å²) in [5.41, 5.74) is 0.408. The van der Waals surface area contributed by atoms with E-state index < -0.39 is 4.92 Å². The summed E-state index contributed by atoms with van der Waals surface area (Å²) in [4.78, 5) is 10.3. The van der Waals surface area contributed by atoms with Crippen LogP contribution in [0.3, 0.4) is 0 Å². The van der Waals surface area contributed by atoms with Crippen LogP contribution in [0.4, 0.5) is 5.69 Å². The van der Waals surface area contributed by atoms with Crippen molar-refractivity contribution in [2.24, 2.45) is 5.10 Å². The van der Waals surface area contributed by atoms with E-state index in [1.807, 2.05) is 20.8 Å². The van der Waals surface area contributed by atoms with E-state index in [-0.39, 0.29) is 11.1 Å². The Labute approximate surface area is 126 Å². The van der Waals surface area contributed by atoms with Crippen LogP contribution < -0.4 is 0 Å². The van der Waals surface area contributed by atoms with Gasteiger partial charge in [0, 0.05) is 23.1 Å². The van der Waals surface area contributed by atoms with E-state index in [1.54, 1.807) is 12.1 Å². The lowest BCUT2D eigenvalue weighted by Gasteiger charge is -2.15. The Morgan fingerprint density at radius 3 is 2.81 bits per heavy atom. The van der Waals surface area contributed by atoms with Gasteiger partial charge in [-0.25, -0.2) is 0 Å². The molecule has 110 valence electrons. The van der Waals surface area contributed by atoms with E-state index in [0.717, 1.165) is 0 Å². The first kappa shape index (κ1) is 15.0. The van der Waals surface area contributed by atoms with E-state index in [2.05, 4.69) is 15.3 Å². The van der Waals surface area contributed by atoms with Crippen molar-refractivity contribution < 1.29 is 4.92 Å². The fraction of sp³-hybridized carbons (Fsp3) is 0.308. The van der Waals surface area contributed by atoms with Crippen molar-refractivity contribution in [2.45, 2.75) is 26.2 Å². The number of nitro groups is 1. The van der Waals surface area contributed by atoms with Gasteiger partial charge < -0.3 is 0 Å². The summed E-state index contributed by atoms with van der Waals surface area (Å²) in [6.07, 6.45) is 1.52. The molecule has 7 nitrogen and oxygen atoms in total. The number of non-ortho nitro benzene ring substituents is 1. The highest BCUT2D eigenvalue weighted by Gasteiger charge is 2.21. The molecule has 0 spiro atoms. The molecule has 0 saturated heterocycles. The molecule has 1 heterocycles. The second-order valence-electron chi connectivity index (χ2n) is 5.51. The van der Waals surface area contributed by atoms with Crippen LogP contribution in [-0.4, -0.2) is 26.0 Å². The minimum Gasteiger partial charge on any atom is -0.258 e. The molecule has 1 N–H and O–H groups in total. The summed E-state index contributed by atoms with van der Waals surface area (Å²) in [5, 5.41) is 21.9. The van der Waals surface area contributed by atoms with Gasteiger partial charge in [-0.05, 0) is 12.2 Å². The number of aromatic amines is 1. The Kier molecular flexibility index (Phi) is 3.99. The van der Waals surface area contributed by atoms with Gasteiger partial charge in [0.1, 0.15) is 0 Å². The minimum atomic E-state index is -0.443. The highest BCUT2D eigenvalue weighted by atomic mass is 32.1. The maximum Gasteiger partial charge on any atom is 0.270 e. The summed E-state index contributed by atoms with van der Waals surface area (Å²) in [7, 11) is 0. The van der Waals surface area contributed by atoms with Crippen LogP contribution in [-0.2, 0) is 5.41 Å². The normalized spacial score (nSPS) is 12.0. The molecular weight excluding hydrogens is 290 g/mol. The first-order valence-electron chi connectivity index (χ1n) is 6.26. The zero-order chi connectivity index (χ0) is 15.6. The lowest BCUT2D eigenvalue weighted by molar-refractivity contribution is -0.384. The van der Waals surface area contributed by atoms with Crippen LogP contribution in [0, 0.1) is 14.9 Å². The van der Waals surface area contributed by atoms with Crippen molar-refractivity contribution in [3.8, 4) is 0 Å². The zero-order valence-corrected chi connectivity index (χ0v) is 12.7. The van der Waals surface area contributed by atoms with E-state index >= 15 is 0 Å². The van der Waals surface area contributed by atoms with Crippen LogP contribution in [0.25, 0.3) is 0 Å². The lowest BCUT2D eigenvalue weighted by atomic mass is 9.96. The number of hydrogen-bond acceptors (Lipinski definition) is 5. The smallest absolute Gasteiger partial charge is 0.258 e. The SMILES string of the molecule is CC(C)(C)c1n[nH]c(=S)n1/N=C\c1cccc([N+](=O)[O-])c1. The molecule has 2 aromatic rings. The van der Waals surface area contributed by atoms with Crippen LogP contribution in [0.1, 0.15) is 32.2 Å². The van der Waals surface area contributed by atoms with Gasteiger partial charge in [-0.2, -0.15) is 14.9 Å². The fourth-order valence-corrected chi connectivity index (χ4v) is 1.91. The Balaban J connectivity index is 2.39. The molecule has 2 rings (SSSR count). The number of nitro benzene ring substituents is 1. The van der Waals surface area contributed by atoms with Crippen molar-refractivity contribution in [2.75, 3.05) is 0 Å². The Bertz CT molecular complexity index is 754. The summed E-state index contributed by atoms with van der Waals surface area (Å²) in [6.45, 7) is 5.99. The van der Waals surface area contributed by atoms with E-state index in [4.69, 9.17) is 12.2 Å². The predicted octanol–water partition coefficient (Wildman–Crippen LogP) is 3.03. The van der Waals surface area contributed by atoms with Gasteiger partial charge in [0.2, 0.25) is 4.77 Å². The van der Waals surface area contributed by atoms with Crippen LogP contribution in [0.15, 0.2) is 29.4 Å². The van der Waals surface area contributed by atoms with Crippen molar-refractivity contribution in [1.82, 2.24) is 14.9 Å². The lowest BCUT2D eigenvalue weighted by Crippen LogP contribution is -2.17. The standard InChI is InChI=1S/C13H15N5O2S/c1-13(2,3)11-15-16-12(21)17(11)14-8-9-5-4-6-10(7-9)18(19)20/h4-8H,1-3H3,(H,16,21)/b14-8-. The molecular formula is C13H15N5O2S. The van der Waals surface area contributed by atoms with Crippen LogP contribution in [0.2, 0.25) is 0 Å². The second kappa shape index (κ2) is 5.57. The first-order chi connectivity index (χ1) is 9.79. The number of hydrogen-bond donors (Lipinski definition) is 1. The van der Waals surface area contributed by atoms with Gasteiger partial charge in [-0.1, -0.05) is 32.9 Å². The van der Waals surface area contributed by atoms with Gasteiger partial charge in [0.05, 0.1) is 11.1 Å². The largest absolute Gasteiger partial charge is 0.270 e. The highest BCUT2D eigenvalue weighted by Crippen LogP contribution is 2.20. The monoisotopic (exact) mass is 305 g/mol. The topological polar surface area (TPSA) is 89.1 Å². The number of nitrogens with one attached hydrogen (secondary N) is 1. The summed E-state index contributed by atoms with van der Waals surface area (Å²) >= 11 is 5.15. The van der Waals surface area contributed by atoms with Gasteiger partial charge in [-0.3, -0.25) is 15.2 Å². The third-order valence-electron chi connectivity index (χ3n) is 2.72. The van der Waals surface area contributed by atoms with Gasteiger partial charge in [-0.15, -0.1) is 0 Å². The minimum absolute atomic E-state index is 0.0192. The first-order valence-corrected chi connectivity index (χ1v) is 6.66. The molecule has 0 aliphatic rings. The molecule has 0 aliphatic carbocycles. The third kappa shape index (κ3) is 3.40. The van der Waals surface area contributed by atoms with Crippen LogP contribution >= 0.6 is 12.2 Å². The molecule has 0 radical (unpaired) electrons. The molecule has 0 atom stereocenters. The molecule has 1 aromatic carbocycles. The molecule has 0 fully saturated rings. The number of aromatic nitrogens is 3. The van der Waals surface area contributed by atoms with E-state index in [1.165, 1.54) is 23.0 Å². The van der Waals surface area contributed by atoms with Crippen LogP contribution in [0.5, 0.6) is 0 Å². The maximum absolute atomic E-state index is 10.7. The summed E-state index contributed by atoms with van der Waals surface area (Å²) in [6, 6.07) is 6.22. The fourth-order valence-electron chi connectivity index (χ4n) is 1.73. The number of H-pyrrole nitrogens is 1. The molecule has 0 saturated carbocycles. The molecule has 0 aliphatic heterocycles. The van der Waals surface area contributed by atoms with E-state index in [0.29, 0.717) is 16.2 Å². The Morgan fingerprint density at radius 2 is 2.19 bits per heavy atom. The third-order valence-corrected chi connectivity index (χ3v) is 2.99. The molecule has 8 heteroatoms. The van der Waals surface area contributed by atoms with Crippen molar-refractivity contribution in [3.05, 3.63) is 50.5 Å². The second-order valence-corrected chi connectivity index (χ2v) is 5.90. The number of nitrogens with zero attached hydrogens (tertiary/aromatic N) is 4. The maximum atomic E-state index is 10.7. The molecule has 0 amide bonds. The van der Waals surface area contributed by atoms with Gasteiger partial charge in [0.15, 0.2) is 5.82 Å². The average molecular weight is 305 g/mol. The Morgan fingerprint density at radius 1 is 1.48 bits per heavy atom. The number of rotatable bonds is 3. The summed E-state index contributed by atoms with van der Waals surface area (Å²) < 4.78 is 1.90. The van der Waals surface area contributed by atoms with Crippen molar-refractivity contribution in [1.29, 1.82) is 0 Å². The van der Waals surface area contributed by atoms with Gasteiger partial charge >= 0.3 is 0 Å². The average Bonchev–Trinajstić information content (AvgIpc) is 2.78. The zero-order valence-electron chi connectivity index (χ0n) is 11.9. The molecule has 1 aromatic heterocycles. The quantitative estimate of drug-likeness (QED) is 0.408.